The number of aliphatic hydroxyl groups excluding tert-OH is 1. The zero-order valence-corrected chi connectivity index (χ0v) is 19.0. The SMILES string of the molecule is CCCOc1ccc([C@@H]2/C(=C(\O)c3ccccc3)C(=O)C(=O)N2CCN(C)C)cc1OC. The highest BCUT2D eigenvalue weighted by molar-refractivity contribution is 6.46. The summed E-state index contributed by atoms with van der Waals surface area (Å²) in [5.41, 5.74) is 1.23. The van der Waals surface area contributed by atoms with E-state index in [2.05, 4.69) is 0 Å². The van der Waals surface area contributed by atoms with Gasteiger partial charge in [-0.15, -0.1) is 0 Å². The number of likely N-dealkylation sites (tertiary alicyclic amines) is 1. The van der Waals surface area contributed by atoms with Gasteiger partial charge >= 0.3 is 0 Å². The highest BCUT2D eigenvalue weighted by atomic mass is 16.5. The predicted molar refractivity (Wildman–Crippen MR) is 123 cm³/mol. The smallest absolute Gasteiger partial charge is 0.295 e. The number of aliphatic hydroxyl groups is 1. The minimum absolute atomic E-state index is 0.0734. The van der Waals surface area contributed by atoms with Crippen molar-refractivity contribution < 1.29 is 24.2 Å². The number of benzene rings is 2. The first-order valence-corrected chi connectivity index (χ1v) is 10.7. The van der Waals surface area contributed by atoms with Crippen LogP contribution < -0.4 is 9.47 Å². The summed E-state index contributed by atoms with van der Waals surface area (Å²) in [5, 5.41) is 11.0. The Kier molecular flexibility index (Phi) is 7.53. The Labute approximate surface area is 188 Å². The first kappa shape index (κ1) is 23.3. The van der Waals surface area contributed by atoms with Crippen molar-refractivity contribution in [3.05, 3.63) is 65.2 Å². The topological polar surface area (TPSA) is 79.3 Å². The molecule has 1 heterocycles. The summed E-state index contributed by atoms with van der Waals surface area (Å²) >= 11 is 0. The first-order chi connectivity index (χ1) is 15.4. The Morgan fingerprint density at radius 2 is 1.81 bits per heavy atom. The standard InChI is InChI=1S/C25H30N2O5/c1-5-15-32-19-12-11-18(16-20(19)31-4)22-21(23(28)17-9-7-6-8-10-17)24(29)25(30)27(22)14-13-26(2)3/h6-12,16,22,28H,5,13-15H2,1-4H3/b23-21+/t22-/m1/s1. The van der Waals surface area contributed by atoms with Crippen molar-refractivity contribution in [2.45, 2.75) is 19.4 Å². The number of ketones is 1. The number of nitrogens with zero attached hydrogens (tertiary/aromatic N) is 2. The lowest BCUT2D eigenvalue weighted by Gasteiger charge is -2.27. The third-order valence-electron chi connectivity index (χ3n) is 5.34. The largest absolute Gasteiger partial charge is 0.507 e. The highest BCUT2D eigenvalue weighted by Crippen LogP contribution is 2.41. The van der Waals surface area contributed by atoms with Gasteiger partial charge in [0, 0.05) is 18.7 Å². The van der Waals surface area contributed by atoms with Crippen LogP contribution in [-0.4, -0.2) is 67.5 Å². The molecule has 1 N–H and O–H groups in total. The number of carbonyl (C=O) groups is 2. The molecule has 0 unspecified atom stereocenters. The van der Waals surface area contributed by atoms with Crippen LogP contribution in [0.15, 0.2) is 54.1 Å². The van der Waals surface area contributed by atoms with Crippen molar-refractivity contribution >= 4 is 17.4 Å². The first-order valence-electron chi connectivity index (χ1n) is 10.7. The van der Waals surface area contributed by atoms with E-state index in [1.807, 2.05) is 38.1 Å². The van der Waals surface area contributed by atoms with Crippen LogP contribution in [0.25, 0.3) is 5.76 Å². The Hall–Kier alpha value is -3.32. The minimum Gasteiger partial charge on any atom is -0.507 e. The zero-order valence-electron chi connectivity index (χ0n) is 19.0. The Bertz CT molecular complexity index is 1000. The van der Waals surface area contributed by atoms with Gasteiger partial charge in [0.15, 0.2) is 11.5 Å². The molecule has 1 fully saturated rings. The third kappa shape index (κ3) is 4.78. The lowest BCUT2D eigenvalue weighted by atomic mass is 9.95. The van der Waals surface area contributed by atoms with E-state index >= 15 is 0 Å². The van der Waals surface area contributed by atoms with Crippen molar-refractivity contribution in [1.82, 2.24) is 9.80 Å². The lowest BCUT2D eigenvalue weighted by molar-refractivity contribution is -0.140. The van der Waals surface area contributed by atoms with Crippen LogP contribution in [0, 0.1) is 0 Å². The van der Waals surface area contributed by atoms with Gasteiger partial charge in [0.1, 0.15) is 5.76 Å². The van der Waals surface area contributed by atoms with E-state index in [1.165, 1.54) is 4.90 Å². The minimum atomic E-state index is -0.732. The van der Waals surface area contributed by atoms with Crippen molar-refractivity contribution in [1.29, 1.82) is 0 Å². The second-order valence-electron chi connectivity index (χ2n) is 7.92. The fourth-order valence-corrected chi connectivity index (χ4v) is 3.70. The molecule has 7 heteroatoms. The van der Waals surface area contributed by atoms with E-state index < -0.39 is 17.7 Å². The molecule has 0 radical (unpaired) electrons. The number of methoxy groups -OCH3 is 1. The average molecular weight is 439 g/mol. The van der Waals surface area contributed by atoms with Gasteiger partial charge in [0.05, 0.1) is 25.3 Å². The number of rotatable bonds is 9. The lowest BCUT2D eigenvalue weighted by Crippen LogP contribution is -2.35. The van der Waals surface area contributed by atoms with Crippen LogP contribution in [0.4, 0.5) is 0 Å². The molecule has 2 aromatic carbocycles. The Morgan fingerprint density at radius 3 is 2.44 bits per heavy atom. The summed E-state index contributed by atoms with van der Waals surface area (Å²) in [5.74, 6) is -0.410. The molecule has 1 atom stereocenters. The van der Waals surface area contributed by atoms with Crippen LogP contribution in [0.5, 0.6) is 11.5 Å². The fraction of sp³-hybridized carbons (Fsp3) is 0.360. The van der Waals surface area contributed by atoms with Crippen molar-refractivity contribution in [3.8, 4) is 11.5 Å². The highest BCUT2D eigenvalue weighted by Gasteiger charge is 2.46. The van der Waals surface area contributed by atoms with Gasteiger partial charge in [-0.25, -0.2) is 0 Å². The van der Waals surface area contributed by atoms with E-state index in [1.54, 1.807) is 43.5 Å². The molecule has 2 aromatic rings. The van der Waals surface area contributed by atoms with E-state index in [9.17, 15) is 14.7 Å². The number of hydrogen-bond donors (Lipinski definition) is 1. The van der Waals surface area contributed by atoms with Gasteiger partial charge in [-0.2, -0.15) is 0 Å². The van der Waals surface area contributed by atoms with Crippen LogP contribution in [0.1, 0.15) is 30.5 Å². The zero-order chi connectivity index (χ0) is 23.3. The van der Waals surface area contributed by atoms with Gasteiger partial charge in [-0.05, 0) is 38.2 Å². The molecule has 0 saturated carbocycles. The molecule has 1 aliphatic rings. The summed E-state index contributed by atoms with van der Waals surface area (Å²) < 4.78 is 11.3. The van der Waals surface area contributed by atoms with Gasteiger partial charge < -0.3 is 24.4 Å². The predicted octanol–water partition coefficient (Wildman–Crippen LogP) is 3.47. The number of likely N-dealkylation sites (N-methyl/N-ethyl adjacent to an activating group) is 1. The van der Waals surface area contributed by atoms with Gasteiger partial charge in [0.25, 0.3) is 11.7 Å². The molecule has 3 rings (SSSR count). The second kappa shape index (κ2) is 10.3. The maximum Gasteiger partial charge on any atom is 0.295 e. The normalized spacial score (nSPS) is 17.8. The Balaban J connectivity index is 2.13. The van der Waals surface area contributed by atoms with E-state index in [-0.39, 0.29) is 11.3 Å². The van der Waals surface area contributed by atoms with Gasteiger partial charge in [-0.3, -0.25) is 9.59 Å². The maximum atomic E-state index is 13.0. The average Bonchev–Trinajstić information content (AvgIpc) is 3.06. The molecule has 1 saturated heterocycles. The molecule has 7 nitrogen and oxygen atoms in total. The molecular formula is C25H30N2O5. The molecule has 0 aromatic heterocycles. The second-order valence-corrected chi connectivity index (χ2v) is 7.92. The molecule has 0 aliphatic carbocycles. The van der Waals surface area contributed by atoms with Crippen molar-refractivity contribution in [2.24, 2.45) is 0 Å². The van der Waals surface area contributed by atoms with Crippen LogP contribution in [-0.2, 0) is 9.59 Å². The summed E-state index contributed by atoms with van der Waals surface area (Å²) in [7, 11) is 5.35. The summed E-state index contributed by atoms with van der Waals surface area (Å²) in [4.78, 5) is 29.5. The third-order valence-corrected chi connectivity index (χ3v) is 5.34. The molecule has 32 heavy (non-hydrogen) atoms. The number of Topliss-reactive ketones (excluding diaryl/α,β-unsaturated/α-hetero) is 1. The van der Waals surface area contributed by atoms with Crippen LogP contribution in [0.3, 0.4) is 0 Å². The maximum absolute atomic E-state index is 13.0. The Morgan fingerprint density at radius 1 is 1.09 bits per heavy atom. The molecule has 1 amide bonds. The summed E-state index contributed by atoms with van der Waals surface area (Å²) in [6.07, 6.45) is 0.854. The fourth-order valence-electron chi connectivity index (χ4n) is 3.70. The summed E-state index contributed by atoms with van der Waals surface area (Å²) in [6, 6.07) is 13.4. The quantitative estimate of drug-likeness (QED) is 0.367. The van der Waals surface area contributed by atoms with E-state index in [0.717, 1.165) is 6.42 Å². The number of hydrogen-bond acceptors (Lipinski definition) is 6. The molecule has 0 spiro atoms. The van der Waals surface area contributed by atoms with Crippen LogP contribution in [0.2, 0.25) is 0 Å². The number of ether oxygens (including phenoxy) is 2. The van der Waals surface area contributed by atoms with Crippen molar-refractivity contribution in [3.63, 3.8) is 0 Å². The molecule has 170 valence electrons. The van der Waals surface area contributed by atoms with Gasteiger partial charge in [0.2, 0.25) is 0 Å². The molecule has 1 aliphatic heterocycles. The van der Waals surface area contributed by atoms with E-state index in [0.29, 0.717) is 42.3 Å². The number of amides is 1. The molecule has 0 bridgehead atoms. The summed E-state index contributed by atoms with van der Waals surface area (Å²) in [6.45, 7) is 3.47. The van der Waals surface area contributed by atoms with Crippen molar-refractivity contribution in [2.75, 3.05) is 40.9 Å². The monoisotopic (exact) mass is 438 g/mol. The molecular weight excluding hydrogens is 408 g/mol. The van der Waals surface area contributed by atoms with Crippen LogP contribution >= 0.6 is 0 Å². The van der Waals surface area contributed by atoms with E-state index in [4.69, 9.17) is 9.47 Å². The number of carbonyl (C=O) groups excluding carboxylic acids is 2. The van der Waals surface area contributed by atoms with Gasteiger partial charge in [-0.1, -0.05) is 43.3 Å².